The van der Waals surface area contributed by atoms with Crippen LogP contribution in [0.15, 0.2) is 48.7 Å². The predicted octanol–water partition coefficient (Wildman–Crippen LogP) is 4.27. The third kappa shape index (κ3) is 19.5. The number of allylic oxidation sites excluding steroid dienone is 3. The normalized spacial score (nSPS) is 10.6. The third-order valence-electron chi connectivity index (χ3n) is 3.59. The van der Waals surface area contributed by atoms with Gasteiger partial charge < -0.3 is 21.2 Å². The van der Waals surface area contributed by atoms with Crippen LogP contribution in [0.5, 0.6) is 0 Å². The van der Waals surface area contributed by atoms with Gasteiger partial charge in [0.25, 0.3) is 5.91 Å². The monoisotopic (exact) mass is 601 g/mol. The van der Waals surface area contributed by atoms with Crippen molar-refractivity contribution in [3.63, 3.8) is 0 Å². The number of amides is 3. The van der Waals surface area contributed by atoms with Crippen LogP contribution in [0.2, 0.25) is 0 Å². The van der Waals surface area contributed by atoms with Crippen molar-refractivity contribution >= 4 is 30.4 Å². The van der Waals surface area contributed by atoms with Crippen LogP contribution in [0.3, 0.4) is 0 Å². The molecule has 0 saturated carbocycles. The molecule has 3 amide bonds. The number of nitrogens with one attached hydrogen (secondary N) is 3. The predicted molar refractivity (Wildman–Crippen MR) is 120 cm³/mol. The van der Waals surface area contributed by atoms with Crippen molar-refractivity contribution in [1.29, 1.82) is 0 Å². The number of unbranched alkanes of at least 4 members (excludes halogenated alkanes) is 4. The van der Waals surface area contributed by atoms with Gasteiger partial charge in [-0.1, -0.05) is 64.0 Å². The van der Waals surface area contributed by atoms with E-state index in [0.717, 1.165) is 43.8 Å². The zero-order valence-corrected chi connectivity index (χ0v) is 20.7. The maximum absolute atomic E-state index is 12.2. The van der Waals surface area contributed by atoms with Crippen LogP contribution < -0.4 is 10.6 Å². The fourth-order valence-corrected chi connectivity index (χ4v) is 2.21. The Morgan fingerprint density at radius 1 is 1.03 bits per heavy atom. The Hall–Kier alpha value is -1.63. The van der Waals surface area contributed by atoms with Crippen molar-refractivity contribution in [3.05, 3.63) is 54.5 Å². The second kappa shape index (κ2) is 22.7. The summed E-state index contributed by atoms with van der Waals surface area (Å²) < 4.78 is 0. The van der Waals surface area contributed by atoms with E-state index >= 15 is 0 Å². The summed E-state index contributed by atoms with van der Waals surface area (Å²) in [5.74, 6) is -1.97. The van der Waals surface area contributed by atoms with Crippen molar-refractivity contribution in [2.75, 3.05) is 12.8 Å². The van der Waals surface area contributed by atoms with Gasteiger partial charge in [-0.05, 0) is 30.7 Å². The number of rotatable bonds is 14. The molecule has 0 spiro atoms. The Balaban J connectivity index is -0.00000218. The first-order chi connectivity index (χ1) is 13.4. The molecular formula is C21H34IrN3O3S-. The molecule has 3 N–H and O–H groups in total. The Bertz CT molecular complexity index is 576. The third-order valence-corrected chi connectivity index (χ3v) is 3.59. The number of carbonyl (C=O) groups excluding carboxylic acids is 3. The van der Waals surface area contributed by atoms with Gasteiger partial charge in [-0.2, -0.15) is 12.6 Å². The van der Waals surface area contributed by atoms with E-state index in [9.17, 15) is 14.4 Å². The average Bonchev–Trinajstić information content (AvgIpc) is 2.67. The summed E-state index contributed by atoms with van der Waals surface area (Å²) >= 11 is 3.53. The van der Waals surface area contributed by atoms with Crippen LogP contribution in [0, 0.1) is 0 Å². The molecule has 167 valence electrons. The first kappa shape index (κ1) is 32.0. The fourth-order valence-electron chi connectivity index (χ4n) is 2.21. The fraction of sp³-hybridized carbons (Fsp3) is 0.476. The van der Waals surface area contributed by atoms with Crippen LogP contribution in [-0.2, 0) is 34.5 Å². The molecule has 0 aromatic rings. The zero-order valence-electron chi connectivity index (χ0n) is 17.4. The zero-order chi connectivity index (χ0) is 21.8. The van der Waals surface area contributed by atoms with E-state index in [2.05, 4.69) is 43.3 Å². The standard InChI is InChI=1S/C20H31N3O3.CH4S.Ir/c1-4-7-8-9-10-12-19(25)23-17(15-18(21)24)20(26)22-14-13-16(6-3)11-5-2;1-2;/h5-6,11,15H,2-4,7-10,12-14H2,1H3,(H4,21,22,23,24,25,26);2H,1H3;/p-1/b16-11+;;. The second-order valence-corrected chi connectivity index (χ2v) is 5.82. The molecule has 0 rings (SSSR count). The van der Waals surface area contributed by atoms with Gasteiger partial charge in [-0.3, -0.25) is 9.59 Å². The van der Waals surface area contributed by atoms with Crippen molar-refractivity contribution in [3.8, 4) is 0 Å². The molecule has 0 aliphatic heterocycles. The number of hydrogen-bond donors (Lipinski definition) is 3. The molecule has 8 heteroatoms. The minimum Gasteiger partial charge on any atom is -0.664 e. The van der Waals surface area contributed by atoms with Crippen LogP contribution in [0.25, 0.3) is 5.73 Å². The molecule has 0 aliphatic carbocycles. The number of hydrogen-bond acceptors (Lipinski definition) is 4. The minimum absolute atomic E-state index is 0. The van der Waals surface area contributed by atoms with Crippen molar-refractivity contribution in [2.24, 2.45) is 0 Å². The van der Waals surface area contributed by atoms with Gasteiger partial charge in [0.1, 0.15) is 5.70 Å². The molecule has 0 heterocycles. The van der Waals surface area contributed by atoms with Crippen molar-refractivity contribution in [1.82, 2.24) is 10.6 Å². The Morgan fingerprint density at radius 3 is 2.17 bits per heavy atom. The minimum atomic E-state index is -1.04. The quantitative estimate of drug-likeness (QED) is 0.120. The van der Waals surface area contributed by atoms with Gasteiger partial charge in [0, 0.05) is 33.1 Å². The summed E-state index contributed by atoms with van der Waals surface area (Å²) in [5.41, 5.74) is 7.71. The molecular weight excluding hydrogens is 567 g/mol. The maximum Gasteiger partial charge on any atom is 0.267 e. The van der Waals surface area contributed by atoms with Crippen LogP contribution in [0.1, 0.15) is 51.9 Å². The molecule has 6 nitrogen and oxygen atoms in total. The molecule has 0 aromatic carbocycles. The summed E-state index contributed by atoms with van der Waals surface area (Å²) in [6, 6.07) is 0. The number of carbonyl (C=O) groups is 3. The Labute approximate surface area is 194 Å². The van der Waals surface area contributed by atoms with Crippen molar-refractivity contribution < 1.29 is 34.5 Å². The molecule has 0 saturated heterocycles. The van der Waals surface area contributed by atoms with Gasteiger partial charge in [0.2, 0.25) is 5.91 Å². The summed E-state index contributed by atoms with van der Waals surface area (Å²) in [5, 5.41) is 5.05. The first-order valence-corrected chi connectivity index (χ1v) is 10.3. The number of thiol groups is 1. The maximum atomic E-state index is 12.2. The van der Waals surface area contributed by atoms with E-state index in [4.69, 9.17) is 5.73 Å². The Morgan fingerprint density at radius 2 is 1.66 bits per heavy atom. The molecule has 0 fully saturated rings. The van der Waals surface area contributed by atoms with E-state index in [1.54, 1.807) is 24.5 Å². The molecule has 1 radical (unpaired) electrons. The second-order valence-electron chi connectivity index (χ2n) is 5.82. The molecule has 0 atom stereocenters. The van der Waals surface area contributed by atoms with Crippen LogP contribution in [0.4, 0.5) is 0 Å². The van der Waals surface area contributed by atoms with E-state index in [0.29, 0.717) is 13.0 Å². The van der Waals surface area contributed by atoms with E-state index < -0.39 is 11.8 Å². The SMILES string of the molecule is C=C/C=C(\C=C)CCNC(=O)/C(=C\C([NH-])=O)NC(=O)CCCCCCC.CS.[Ir]. The molecule has 0 aromatic heterocycles. The average molecular weight is 601 g/mol. The molecule has 0 unspecified atom stereocenters. The van der Waals surface area contributed by atoms with E-state index in [-0.39, 0.29) is 38.1 Å². The molecule has 29 heavy (non-hydrogen) atoms. The summed E-state index contributed by atoms with van der Waals surface area (Å²) in [7, 11) is 0. The molecule has 0 aliphatic rings. The molecule has 0 bridgehead atoms. The summed E-state index contributed by atoms with van der Waals surface area (Å²) in [6.45, 7) is 9.69. The Kier molecular flexibility index (Phi) is 25.0. The summed E-state index contributed by atoms with van der Waals surface area (Å²) in [4.78, 5) is 35.1. The van der Waals surface area contributed by atoms with E-state index in [1.165, 1.54) is 0 Å². The van der Waals surface area contributed by atoms with Crippen LogP contribution in [-0.4, -0.2) is 30.5 Å². The topological polar surface area (TPSA) is 99.1 Å². The summed E-state index contributed by atoms with van der Waals surface area (Å²) in [6.07, 6.45) is 13.4. The van der Waals surface area contributed by atoms with Gasteiger partial charge in [0.15, 0.2) is 0 Å². The van der Waals surface area contributed by atoms with Crippen LogP contribution >= 0.6 is 12.6 Å². The van der Waals surface area contributed by atoms with Gasteiger partial charge >= 0.3 is 0 Å². The van der Waals surface area contributed by atoms with Gasteiger partial charge in [-0.15, -0.1) is 0 Å². The largest absolute Gasteiger partial charge is 0.664 e. The van der Waals surface area contributed by atoms with Gasteiger partial charge in [0.05, 0.1) is 5.91 Å². The smallest absolute Gasteiger partial charge is 0.267 e. The van der Waals surface area contributed by atoms with E-state index in [1.807, 2.05) is 0 Å². The first-order valence-electron chi connectivity index (χ1n) is 9.38. The van der Waals surface area contributed by atoms with Gasteiger partial charge in [-0.25, -0.2) is 0 Å². The van der Waals surface area contributed by atoms with Crippen molar-refractivity contribution in [2.45, 2.75) is 51.9 Å².